The van der Waals surface area contributed by atoms with Gasteiger partial charge in [-0.25, -0.2) is 4.39 Å². The smallest absolute Gasteiger partial charge is 0.406 e. The van der Waals surface area contributed by atoms with Crippen molar-refractivity contribution in [2.45, 2.75) is 11.3 Å². The second-order valence-electron chi connectivity index (χ2n) is 4.04. The van der Waals surface area contributed by atoms with E-state index in [2.05, 4.69) is 4.74 Å². The molecule has 112 valence electrons. The van der Waals surface area contributed by atoms with Gasteiger partial charge in [-0.3, -0.25) is 0 Å². The molecule has 0 bridgehead atoms. The maximum Gasteiger partial charge on any atom is 0.573 e. The molecule has 0 N–H and O–H groups in total. The van der Waals surface area contributed by atoms with Gasteiger partial charge in [0.1, 0.15) is 11.6 Å². The zero-order valence-electron chi connectivity index (χ0n) is 10.7. The number of rotatable bonds is 3. The van der Waals surface area contributed by atoms with Gasteiger partial charge >= 0.3 is 6.36 Å². The molecule has 2 aromatic carbocycles. The molecular formula is C14H9ClF4OS. The van der Waals surface area contributed by atoms with Crippen molar-refractivity contribution in [1.29, 1.82) is 0 Å². The lowest BCUT2D eigenvalue weighted by Crippen LogP contribution is -2.16. The van der Waals surface area contributed by atoms with E-state index in [1.807, 2.05) is 6.26 Å². The highest BCUT2D eigenvalue weighted by molar-refractivity contribution is 7.98. The van der Waals surface area contributed by atoms with E-state index in [4.69, 9.17) is 11.6 Å². The molecule has 21 heavy (non-hydrogen) atoms. The molecule has 0 amide bonds. The molecule has 0 atom stereocenters. The van der Waals surface area contributed by atoms with E-state index in [1.165, 1.54) is 30.0 Å². The van der Waals surface area contributed by atoms with Crippen molar-refractivity contribution in [3.05, 3.63) is 47.2 Å². The Bertz CT molecular complexity index is 641. The van der Waals surface area contributed by atoms with Crippen LogP contribution in [0.15, 0.2) is 41.3 Å². The summed E-state index contributed by atoms with van der Waals surface area (Å²) in [5, 5.41) is -0.0348. The van der Waals surface area contributed by atoms with Crippen molar-refractivity contribution in [1.82, 2.24) is 0 Å². The molecule has 0 fully saturated rings. The number of halogens is 5. The van der Waals surface area contributed by atoms with Crippen molar-refractivity contribution >= 4 is 23.4 Å². The number of hydrogen-bond acceptors (Lipinski definition) is 2. The summed E-state index contributed by atoms with van der Waals surface area (Å²) >= 11 is 7.19. The minimum absolute atomic E-state index is 0.0348. The molecule has 0 aliphatic heterocycles. The Morgan fingerprint density at radius 1 is 1.10 bits per heavy atom. The lowest BCUT2D eigenvalue weighted by molar-refractivity contribution is -0.274. The fourth-order valence-electron chi connectivity index (χ4n) is 1.73. The fourth-order valence-corrected chi connectivity index (χ4v) is 2.48. The Morgan fingerprint density at radius 2 is 1.71 bits per heavy atom. The van der Waals surface area contributed by atoms with Gasteiger partial charge < -0.3 is 4.74 Å². The van der Waals surface area contributed by atoms with Crippen LogP contribution in [0.1, 0.15) is 0 Å². The summed E-state index contributed by atoms with van der Waals surface area (Å²) in [6.07, 6.45) is -2.94. The van der Waals surface area contributed by atoms with Crippen LogP contribution in [-0.2, 0) is 0 Å². The standard InChI is InChI=1S/C14H9ClF4OS/c1-21-10-6-11(13(16)12(15)7-10)8-2-4-9(5-3-8)20-14(17,18)19/h2-7H,1H3. The molecule has 1 nitrogen and oxygen atoms in total. The second-order valence-corrected chi connectivity index (χ2v) is 5.33. The summed E-state index contributed by atoms with van der Waals surface area (Å²) in [6.45, 7) is 0. The van der Waals surface area contributed by atoms with Gasteiger partial charge in [-0.05, 0) is 36.1 Å². The third-order valence-electron chi connectivity index (χ3n) is 2.64. The number of alkyl halides is 3. The zero-order valence-corrected chi connectivity index (χ0v) is 12.2. The average molecular weight is 337 g/mol. The number of thioether (sulfide) groups is 1. The third kappa shape index (κ3) is 4.04. The molecule has 0 saturated carbocycles. The van der Waals surface area contributed by atoms with Crippen molar-refractivity contribution in [2.24, 2.45) is 0 Å². The van der Waals surface area contributed by atoms with E-state index in [9.17, 15) is 17.6 Å². The summed E-state index contributed by atoms with van der Waals surface area (Å²) in [5.41, 5.74) is 0.644. The van der Waals surface area contributed by atoms with Gasteiger partial charge in [-0.2, -0.15) is 0 Å². The average Bonchev–Trinajstić information content (AvgIpc) is 2.41. The van der Waals surface area contributed by atoms with Crippen molar-refractivity contribution in [3.63, 3.8) is 0 Å². The molecule has 0 heterocycles. The molecule has 2 rings (SSSR count). The first-order valence-electron chi connectivity index (χ1n) is 5.69. The Kier molecular flexibility index (Phi) is 4.68. The molecule has 0 spiro atoms. The van der Waals surface area contributed by atoms with Gasteiger partial charge in [0, 0.05) is 10.5 Å². The van der Waals surface area contributed by atoms with Gasteiger partial charge in [-0.15, -0.1) is 24.9 Å². The SMILES string of the molecule is CSc1cc(Cl)c(F)c(-c2ccc(OC(F)(F)F)cc2)c1. The lowest BCUT2D eigenvalue weighted by atomic mass is 10.1. The Morgan fingerprint density at radius 3 is 2.24 bits per heavy atom. The third-order valence-corrected chi connectivity index (χ3v) is 3.62. The van der Waals surface area contributed by atoms with E-state index in [0.29, 0.717) is 5.56 Å². The first-order chi connectivity index (χ1) is 9.80. The van der Waals surface area contributed by atoms with Gasteiger partial charge in [0.15, 0.2) is 0 Å². The quantitative estimate of drug-likeness (QED) is 0.520. The number of ether oxygens (including phenoxy) is 1. The Balaban J connectivity index is 2.37. The van der Waals surface area contributed by atoms with Gasteiger partial charge in [0.25, 0.3) is 0 Å². The molecule has 0 aromatic heterocycles. The first-order valence-corrected chi connectivity index (χ1v) is 7.29. The molecule has 0 aliphatic rings. The Labute approximate surface area is 127 Å². The topological polar surface area (TPSA) is 9.23 Å². The summed E-state index contributed by atoms with van der Waals surface area (Å²) in [4.78, 5) is 0.756. The summed E-state index contributed by atoms with van der Waals surface area (Å²) in [7, 11) is 0. The van der Waals surface area contributed by atoms with E-state index >= 15 is 0 Å². The fraction of sp³-hybridized carbons (Fsp3) is 0.143. The number of benzene rings is 2. The summed E-state index contributed by atoms with van der Waals surface area (Å²) in [5.74, 6) is -0.974. The highest BCUT2D eigenvalue weighted by atomic mass is 35.5. The van der Waals surface area contributed by atoms with Gasteiger partial charge in [0.2, 0.25) is 0 Å². The molecule has 0 aliphatic carbocycles. The van der Waals surface area contributed by atoms with E-state index < -0.39 is 12.2 Å². The monoisotopic (exact) mass is 336 g/mol. The van der Waals surface area contributed by atoms with Crippen LogP contribution < -0.4 is 4.74 Å². The Hall–Kier alpha value is -1.40. The van der Waals surface area contributed by atoms with Crippen LogP contribution in [0.3, 0.4) is 0 Å². The molecule has 0 radical (unpaired) electrons. The van der Waals surface area contributed by atoms with Gasteiger partial charge in [0.05, 0.1) is 5.02 Å². The second kappa shape index (κ2) is 6.15. The van der Waals surface area contributed by atoms with Crippen LogP contribution in [0.25, 0.3) is 11.1 Å². The summed E-state index contributed by atoms with van der Waals surface area (Å²) in [6, 6.07) is 8.03. The van der Waals surface area contributed by atoms with Crippen LogP contribution in [0.5, 0.6) is 5.75 Å². The van der Waals surface area contributed by atoms with Crippen molar-refractivity contribution < 1.29 is 22.3 Å². The van der Waals surface area contributed by atoms with E-state index in [1.54, 1.807) is 6.07 Å². The minimum atomic E-state index is -4.76. The predicted octanol–water partition coefficient (Wildman–Crippen LogP) is 5.77. The zero-order chi connectivity index (χ0) is 15.6. The normalized spacial score (nSPS) is 11.5. The van der Waals surface area contributed by atoms with Crippen LogP contribution in [0, 0.1) is 5.82 Å². The first kappa shape index (κ1) is 16.0. The molecule has 0 unspecified atom stereocenters. The van der Waals surface area contributed by atoms with E-state index in [0.717, 1.165) is 17.0 Å². The molecule has 7 heteroatoms. The largest absolute Gasteiger partial charge is 0.573 e. The van der Waals surface area contributed by atoms with Crippen molar-refractivity contribution in [3.8, 4) is 16.9 Å². The predicted molar refractivity (Wildman–Crippen MR) is 75.3 cm³/mol. The van der Waals surface area contributed by atoms with Crippen LogP contribution in [-0.4, -0.2) is 12.6 Å². The van der Waals surface area contributed by atoms with Crippen LogP contribution in [0.2, 0.25) is 5.02 Å². The van der Waals surface area contributed by atoms with Crippen LogP contribution in [0.4, 0.5) is 17.6 Å². The molecule has 2 aromatic rings. The molecule has 0 saturated heterocycles. The lowest BCUT2D eigenvalue weighted by Gasteiger charge is -2.11. The highest BCUT2D eigenvalue weighted by Gasteiger charge is 2.31. The van der Waals surface area contributed by atoms with Crippen molar-refractivity contribution in [2.75, 3.05) is 6.26 Å². The highest BCUT2D eigenvalue weighted by Crippen LogP contribution is 2.33. The maximum atomic E-state index is 14.0. The number of hydrogen-bond donors (Lipinski definition) is 0. The minimum Gasteiger partial charge on any atom is -0.406 e. The van der Waals surface area contributed by atoms with E-state index in [-0.39, 0.29) is 16.3 Å². The van der Waals surface area contributed by atoms with Crippen LogP contribution >= 0.6 is 23.4 Å². The molecular weight excluding hydrogens is 328 g/mol. The van der Waals surface area contributed by atoms with Gasteiger partial charge in [-0.1, -0.05) is 23.7 Å². The summed E-state index contributed by atoms with van der Waals surface area (Å²) < 4.78 is 54.0. The maximum absolute atomic E-state index is 14.0.